The molecule has 0 atom stereocenters. The zero-order valence-electron chi connectivity index (χ0n) is 15.6. The van der Waals surface area contributed by atoms with Crippen LogP contribution in [0.5, 0.6) is 0 Å². The maximum Gasteiger partial charge on any atom is 0.0780 e. The first-order chi connectivity index (χ1) is 11.0. The predicted molar refractivity (Wildman–Crippen MR) is 108 cm³/mol. The highest BCUT2D eigenvalue weighted by Crippen LogP contribution is 2.33. The molecule has 3 rings (SSSR count). The number of hydrogen-bond acceptors (Lipinski definition) is 1. The van der Waals surface area contributed by atoms with Gasteiger partial charge in [0.1, 0.15) is 0 Å². The minimum atomic E-state index is 0. The van der Waals surface area contributed by atoms with E-state index in [9.17, 15) is 0 Å². The van der Waals surface area contributed by atoms with Gasteiger partial charge in [0.2, 0.25) is 0 Å². The smallest absolute Gasteiger partial charge is 0.0780 e. The Morgan fingerprint density at radius 3 is 2.44 bits per heavy atom. The fraction of sp³-hybridized carbons (Fsp3) is 0.450. The quantitative estimate of drug-likeness (QED) is 0.397. The molecular formula is C20H29Br2N3. The Kier molecular flexibility index (Phi) is 8.10. The van der Waals surface area contributed by atoms with Gasteiger partial charge < -0.3 is 26.0 Å². The molecule has 0 saturated carbocycles. The zero-order valence-corrected chi connectivity index (χ0v) is 18.9. The fourth-order valence-corrected chi connectivity index (χ4v) is 3.31. The van der Waals surface area contributed by atoms with Gasteiger partial charge in [0.25, 0.3) is 0 Å². The van der Waals surface area contributed by atoms with E-state index in [0.29, 0.717) is 0 Å². The number of halogens is 2. The summed E-state index contributed by atoms with van der Waals surface area (Å²) in [5.74, 6) is 0. The van der Waals surface area contributed by atoms with Crippen LogP contribution in [0.25, 0.3) is 22.2 Å². The van der Waals surface area contributed by atoms with Crippen LogP contribution in [-0.2, 0) is 6.54 Å². The summed E-state index contributed by atoms with van der Waals surface area (Å²) in [5, 5.41) is 1.28. The van der Waals surface area contributed by atoms with Crippen molar-refractivity contribution < 1.29 is 21.5 Å². The van der Waals surface area contributed by atoms with Gasteiger partial charge in [0, 0.05) is 29.4 Å². The molecule has 5 heteroatoms. The second-order valence-corrected chi connectivity index (χ2v) is 7.56. The first-order valence-corrected chi connectivity index (χ1v) is 8.60. The molecule has 0 radical (unpaired) electrons. The van der Waals surface area contributed by atoms with Gasteiger partial charge in [-0.1, -0.05) is 18.2 Å². The summed E-state index contributed by atoms with van der Waals surface area (Å²) in [6, 6.07) is 10.6. The van der Waals surface area contributed by atoms with Crippen LogP contribution in [0, 0.1) is 6.92 Å². The van der Waals surface area contributed by atoms with Crippen molar-refractivity contribution in [2.45, 2.75) is 32.7 Å². The van der Waals surface area contributed by atoms with Gasteiger partial charge in [-0.25, -0.2) is 4.98 Å². The zero-order chi connectivity index (χ0) is 16.4. The number of pyridine rings is 1. The molecule has 2 aliphatic rings. The van der Waals surface area contributed by atoms with Gasteiger partial charge in [0.05, 0.1) is 38.9 Å². The van der Waals surface area contributed by atoms with Crippen molar-refractivity contribution in [2.75, 3.05) is 27.7 Å². The SMILES string of the molecule is Br.Cc1c2c3ccccc3nc-2ccn1CCCCC[N+](C)(C)C.[Br-]. The van der Waals surface area contributed by atoms with Crippen LogP contribution < -0.4 is 17.0 Å². The van der Waals surface area contributed by atoms with Crippen molar-refractivity contribution in [3.63, 3.8) is 0 Å². The van der Waals surface area contributed by atoms with Crippen LogP contribution in [0.3, 0.4) is 0 Å². The Labute approximate surface area is 172 Å². The largest absolute Gasteiger partial charge is 1.00 e. The lowest BCUT2D eigenvalue weighted by molar-refractivity contribution is -0.870. The van der Waals surface area contributed by atoms with Crippen molar-refractivity contribution in [1.82, 2.24) is 9.55 Å². The number of fused-ring (bicyclic) bond motifs is 3. The molecule has 0 aliphatic carbocycles. The van der Waals surface area contributed by atoms with Gasteiger partial charge in [-0.3, -0.25) is 0 Å². The molecule has 0 bridgehead atoms. The molecule has 1 aromatic carbocycles. The van der Waals surface area contributed by atoms with E-state index in [1.54, 1.807) is 0 Å². The maximum absolute atomic E-state index is 4.74. The van der Waals surface area contributed by atoms with E-state index in [4.69, 9.17) is 4.98 Å². The summed E-state index contributed by atoms with van der Waals surface area (Å²) < 4.78 is 3.45. The summed E-state index contributed by atoms with van der Waals surface area (Å²) in [4.78, 5) is 4.74. The van der Waals surface area contributed by atoms with Crippen LogP contribution in [0.1, 0.15) is 25.0 Å². The van der Waals surface area contributed by atoms with Crippen molar-refractivity contribution in [3.8, 4) is 11.3 Å². The van der Waals surface area contributed by atoms with Crippen molar-refractivity contribution in [2.24, 2.45) is 0 Å². The summed E-state index contributed by atoms with van der Waals surface area (Å²) >= 11 is 0. The second kappa shape index (κ2) is 9.15. The molecule has 25 heavy (non-hydrogen) atoms. The lowest BCUT2D eigenvalue weighted by Crippen LogP contribution is -3.00. The van der Waals surface area contributed by atoms with Crippen LogP contribution in [0.4, 0.5) is 0 Å². The van der Waals surface area contributed by atoms with E-state index in [1.807, 2.05) is 0 Å². The van der Waals surface area contributed by atoms with Gasteiger partial charge >= 0.3 is 0 Å². The Balaban J connectivity index is 0.00000156. The lowest BCUT2D eigenvalue weighted by Gasteiger charge is -2.23. The normalized spacial score (nSPS) is 11.4. The van der Waals surface area contributed by atoms with Crippen molar-refractivity contribution in [3.05, 3.63) is 42.2 Å². The number of para-hydroxylation sites is 1. The van der Waals surface area contributed by atoms with Gasteiger partial charge in [-0.15, -0.1) is 17.0 Å². The maximum atomic E-state index is 4.74. The molecule has 2 aliphatic heterocycles. The van der Waals surface area contributed by atoms with Gasteiger partial charge in [-0.05, 0) is 38.3 Å². The van der Waals surface area contributed by atoms with E-state index in [-0.39, 0.29) is 34.0 Å². The van der Waals surface area contributed by atoms with Gasteiger partial charge in [-0.2, -0.15) is 0 Å². The number of aromatic nitrogens is 2. The standard InChI is InChI=1S/C20H28N3.2BrH/c1-16-20-17-10-6-7-11-18(17)21-19(20)12-14-22(16)13-8-5-9-15-23(2,3)4;;/h6-7,10-12,14H,5,8-9,13,15H2,1-4H3;2*1H/q+1;;/p-1. The average molecular weight is 471 g/mol. The molecular weight excluding hydrogens is 442 g/mol. The van der Waals surface area contributed by atoms with Crippen LogP contribution in [0.15, 0.2) is 36.5 Å². The number of unbranched alkanes of at least 4 members (excludes halogenated alkanes) is 2. The number of hydrogen-bond donors (Lipinski definition) is 0. The Morgan fingerprint density at radius 2 is 1.72 bits per heavy atom. The molecule has 0 fully saturated rings. The van der Waals surface area contributed by atoms with Crippen molar-refractivity contribution >= 4 is 27.9 Å². The third-order valence-corrected chi connectivity index (χ3v) is 4.60. The first-order valence-electron chi connectivity index (χ1n) is 8.60. The number of aryl methyl sites for hydroxylation is 1. The molecule has 3 nitrogen and oxygen atoms in total. The fourth-order valence-electron chi connectivity index (χ4n) is 3.31. The van der Waals surface area contributed by atoms with Crippen LogP contribution >= 0.6 is 17.0 Å². The third kappa shape index (κ3) is 5.28. The minimum absolute atomic E-state index is 0. The summed E-state index contributed by atoms with van der Waals surface area (Å²) in [6.07, 6.45) is 6.03. The molecule has 0 aromatic heterocycles. The summed E-state index contributed by atoms with van der Waals surface area (Å²) in [7, 11) is 6.79. The molecule has 0 amide bonds. The van der Waals surface area contributed by atoms with E-state index in [0.717, 1.165) is 22.2 Å². The molecule has 0 saturated heterocycles. The molecule has 138 valence electrons. The summed E-state index contributed by atoms with van der Waals surface area (Å²) in [6.45, 7) is 4.57. The van der Waals surface area contributed by atoms with Crippen molar-refractivity contribution in [1.29, 1.82) is 0 Å². The third-order valence-electron chi connectivity index (χ3n) is 4.60. The molecule has 0 unspecified atom stereocenters. The Morgan fingerprint density at radius 1 is 1.00 bits per heavy atom. The van der Waals surface area contributed by atoms with E-state index in [1.165, 1.54) is 42.5 Å². The topological polar surface area (TPSA) is 17.8 Å². The highest BCUT2D eigenvalue weighted by molar-refractivity contribution is 8.93. The number of quaternary nitrogens is 1. The molecule has 0 spiro atoms. The highest BCUT2D eigenvalue weighted by Gasteiger charge is 2.15. The minimum Gasteiger partial charge on any atom is -1.00 e. The van der Waals surface area contributed by atoms with E-state index < -0.39 is 0 Å². The average Bonchev–Trinajstić information content (AvgIpc) is 2.87. The van der Waals surface area contributed by atoms with Crippen LogP contribution in [-0.4, -0.2) is 41.7 Å². The molecule has 0 N–H and O–H groups in total. The number of nitrogens with zero attached hydrogens (tertiary/aromatic N) is 3. The Bertz CT molecular complexity index is 774. The number of rotatable bonds is 6. The molecule has 1 aromatic rings. The Hall–Kier alpha value is -0.910. The first kappa shape index (κ1) is 22.1. The predicted octanol–water partition coefficient (Wildman–Crippen LogP) is 1.91. The monoisotopic (exact) mass is 469 g/mol. The summed E-state index contributed by atoms with van der Waals surface area (Å²) in [5.41, 5.74) is 4.87. The van der Waals surface area contributed by atoms with Crippen LogP contribution in [0.2, 0.25) is 0 Å². The molecule has 2 heterocycles. The lowest BCUT2D eigenvalue weighted by atomic mass is 10.1. The number of benzene rings is 1. The highest BCUT2D eigenvalue weighted by atomic mass is 79.9. The second-order valence-electron chi connectivity index (χ2n) is 7.56. The van der Waals surface area contributed by atoms with Gasteiger partial charge in [0.15, 0.2) is 0 Å². The van der Waals surface area contributed by atoms with E-state index >= 15 is 0 Å². The van der Waals surface area contributed by atoms with E-state index in [2.05, 4.69) is 69.2 Å².